The predicted molar refractivity (Wildman–Crippen MR) is 70.8 cm³/mol. The molecule has 1 fully saturated rings. The maximum atomic E-state index is 12.7. The Labute approximate surface area is 120 Å². The molecule has 1 aromatic carbocycles. The van der Waals surface area contributed by atoms with E-state index in [4.69, 9.17) is 4.74 Å². The zero-order valence-electron chi connectivity index (χ0n) is 11.5. The normalized spacial score (nSPS) is 18.4. The lowest BCUT2D eigenvalue weighted by Crippen LogP contribution is -2.60. The molecule has 0 saturated carbocycles. The number of hydrogen-bond acceptors (Lipinski definition) is 4. The Morgan fingerprint density at radius 3 is 2.67 bits per heavy atom. The smallest absolute Gasteiger partial charge is 0.261 e. The maximum Gasteiger partial charge on any atom is 0.261 e. The lowest BCUT2D eigenvalue weighted by Gasteiger charge is -2.33. The van der Waals surface area contributed by atoms with Gasteiger partial charge in [-0.1, -0.05) is 6.92 Å². The van der Waals surface area contributed by atoms with E-state index in [1.165, 1.54) is 29.2 Å². The van der Waals surface area contributed by atoms with Gasteiger partial charge >= 0.3 is 0 Å². The van der Waals surface area contributed by atoms with Gasteiger partial charge in [0.1, 0.15) is 24.2 Å². The Hall–Kier alpha value is -2.44. The quantitative estimate of drug-likeness (QED) is 0.819. The van der Waals surface area contributed by atoms with Crippen LogP contribution in [0.5, 0.6) is 5.75 Å². The fourth-order valence-corrected chi connectivity index (χ4v) is 2.09. The van der Waals surface area contributed by atoms with Gasteiger partial charge in [-0.05, 0) is 30.7 Å². The number of ether oxygens (including phenoxy) is 1. The summed E-state index contributed by atoms with van der Waals surface area (Å²) in [5.74, 6) is -1.53. The number of amides is 3. The van der Waals surface area contributed by atoms with Crippen LogP contribution in [0.4, 0.5) is 4.39 Å². The van der Waals surface area contributed by atoms with Crippen molar-refractivity contribution in [2.24, 2.45) is 0 Å². The number of piperazine rings is 1. The van der Waals surface area contributed by atoms with Gasteiger partial charge in [-0.2, -0.15) is 0 Å². The van der Waals surface area contributed by atoms with E-state index in [0.29, 0.717) is 12.2 Å². The van der Waals surface area contributed by atoms with Gasteiger partial charge in [0.25, 0.3) is 5.91 Å². The molecule has 1 aliphatic heterocycles. The summed E-state index contributed by atoms with van der Waals surface area (Å²) in [5, 5.41) is 2.19. The number of carbonyl (C=O) groups is 3. The van der Waals surface area contributed by atoms with Crippen LogP contribution in [0.2, 0.25) is 0 Å². The molecular weight excluding hydrogens is 279 g/mol. The first-order valence-corrected chi connectivity index (χ1v) is 6.52. The maximum absolute atomic E-state index is 12.7. The Kier molecular flexibility index (Phi) is 4.52. The van der Waals surface area contributed by atoms with E-state index < -0.39 is 29.6 Å². The van der Waals surface area contributed by atoms with Gasteiger partial charge in [-0.3, -0.25) is 19.7 Å². The van der Waals surface area contributed by atoms with Crippen LogP contribution in [0.3, 0.4) is 0 Å². The van der Waals surface area contributed by atoms with E-state index >= 15 is 0 Å². The predicted octanol–water partition coefficient (Wildman–Crippen LogP) is 0.468. The number of imide groups is 1. The monoisotopic (exact) mass is 294 g/mol. The molecule has 0 aromatic heterocycles. The topological polar surface area (TPSA) is 75.7 Å². The second-order valence-electron chi connectivity index (χ2n) is 4.60. The van der Waals surface area contributed by atoms with Crippen LogP contribution in [0.15, 0.2) is 24.3 Å². The third-order valence-corrected chi connectivity index (χ3v) is 3.14. The molecule has 2 rings (SSSR count). The van der Waals surface area contributed by atoms with Gasteiger partial charge in [-0.25, -0.2) is 4.39 Å². The van der Waals surface area contributed by atoms with E-state index in [2.05, 4.69) is 5.32 Å². The van der Waals surface area contributed by atoms with Crippen molar-refractivity contribution in [3.05, 3.63) is 30.1 Å². The minimum atomic E-state index is -0.674. The minimum Gasteiger partial charge on any atom is -0.484 e. The molecule has 1 unspecified atom stereocenters. The van der Waals surface area contributed by atoms with Gasteiger partial charge in [0, 0.05) is 0 Å². The van der Waals surface area contributed by atoms with Crippen LogP contribution in [-0.4, -0.2) is 41.8 Å². The molecule has 21 heavy (non-hydrogen) atoms. The lowest BCUT2D eigenvalue weighted by molar-refractivity contribution is -0.151. The highest BCUT2D eigenvalue weighted by Gasteiger charge is 2.35. The van der Waals surface area contributed by atoms with E-state index in [0.717, 1.165) is 0 Å². The number of halogens is 1. The fraction of sp³-hybridized carbons (Fsp3) is 0.357. The van der Waals surface area contributed by atoms with Gasteiger partial charge in [-0.15, -0.1) is 0 Å². The zero-order chi connectivity index (χ0) is 15.4. The Balaban J connectivity index is 1.99. The summed E-state index contributed by atoms with van der Waals surface area (Å²) >= 11 is 0. The van der Waals surface area contributed by atoms with Crippen LogP contribution in [0.25, 0.3) is 0 Å². The molecule has 1 N–H and O–H groups in total. The number of nitrogens with zero attached hydrogens (tertiary/aromatic N) is 1. The molecule has 0 bridgehead atoms. The third-order valence-electron chi connectivity index (χ3n) is 3.14. The molecule has 6 nitrogen and oxygen atoms in total. The van der Waals surface area contributed by atoms with Crippen molar-refractivity contribution in [2.45, 2.75) is 19.4 Å². The Morgan fingerprint density at radius 2 is 2.05 bits per heavy atom. The van der Waals surface area contributed by atoms with Crippen molar-refractivity contribution in [1.82, 2.24) is 10.2 Å². The largest absolute Gasteiger partial charge is 0.484 e. The van der Waals surface area contributed by atoms with Gasteiger partial charge in [0.15, 0.2) is 6.61 Å². The van der Waals surface area contributed by atoms with Crippen molar-refractivity contribution in [1.29, 1.82) is 0 Å². The number of nitrogens with one attached hydrogen (secondary N) is 1. The highest BCUT2D eigenvalue weighted by Crippen LogP contribution is 2.13. The van der Waals surface area contributed by atoms with Crippen LogP contribution in [0, 0.1) is 5.82 Å². The zero-order valence-corrected chi connectivity index (χ0v) is 11.5. The second kappa shape index (κ2) is 6.34. The van der Waals surface area contributed by atoms with Gasteiger partial charge < -0.3 is 9.64 Å². The SMILES string of the molecule is CCC1C(=O)NC(=O)CN1C(=O)COc1ccc(F)cc1. The van der Waals surface area contributed by atoms with Crippen molar-refractivity contribution in [2.75, 3.05) is 13.2 Å². The summed E-state index contributed by atoms with van der Waals surface area (Å²) in [5.41, 5.74) is 0. The summed E-state index contributed by atoms with van der Waals surface area (Å²) < 4.78 is 18.0. The van der Waals surface area contributed by atoms with Crippen LogP contribution >= 0.6 is 0 Å². The molecule has 1 aromatic rings. The molecule has 3 amide bonds. The average Bonchev–Trinajstić information content (AvgIpc) is 2.45. The van der Waals surface area contributed by atoms with Crippen molar-refractivity contribution < 1.29 is 23.5 Å². The van der Waals surface area contributed by atoms with Crippen molar-refractivity contribution in [3.63, 3.8) is 0 Å². The molecule has 1 heterocycles. The highest BCUT2D eigenvalue weighted by molar-refractivity contribution is 6.04. The molecular formula is C14H15FN2O4. The first kappa shape index (κ1) is 15.0. The fourth-order valence-electron chi connectivity index (χ4n) is 2.09. The van der Waals surface area contributed by atoms with E-state index in [1.54, 1.807) is 6.92 Å². The molecule has 0 aliphatic carbocycles. The van der Waals surface area contributed by atoms with Crippen LogP contribution < -0.4 is 10.1 Å². The Morgan fingerprint density at radius 1 is 1.38 bits per heavy atom. The molecule has 1 atom stereocenters. The standard InChI is InChI=1S/C14H15FN2O4/c1-2-11-14(20)16-12(18)7-17(11)13(19)8-21-10-5-3-9(15)4-6-10/h3-6,11H,2,7-8H2,1H3,(H,16,18,20). The summed E-state index contributed by atoms with van der Waals surface area (Å²) in [4.78, 5) is 36.3. The third kappa shape index (κ3) is 3.56. The molecule has 1 saturated heterocycles. The second-order valence-corrected chi connectivity index (χ2v) is 4.60. The van der Waals surface area contributed by atoms with Crippen molar-refractivity contribution >= 4 is 17.7 Å². The van der Waals surface area contributed by atoms with Crippen LogP contribution in [-0.2, 0) is 14.4 Å². The minimum absolute atomic E-state index is 0.171. The molecule has 112 valence electrons. The number of rotatable bonds is 4. The van der Waals surface area contributed by atoms with Crippen LogP contribution in [0.1, 0.15) is 13.3 Å². The molecule has 0 radical (unpaired) electrons. The molecule has 1 aliphatic rings. The number of benzene rings is 1. The molecule has 0 spiro atoms. The first-order chi connectivity index (χ1) is 10.0. The molecule has 7 heteroatoms. The highest BCUT2D eigenvalue weighted by atomic mass is 19.1. The van der Waals surface area contributed by atoms with Gasteiger partial charge in [0.2, 0.25) is 11.8 Å². The Bertz CT molecular complexity index is 559. The van der Waals surface area contributed by atoms with Gasteiger partial charge in [0.05, 0.1) is 0 Å². The lowest BCUT2D eigenvalue weighted by atomic mass is 10.1. The average molecular weight is 294 g/mol. The first-order valence-electron chi connectivity index (χ1n) is 6.52. The van der Waals surface area contributed by atoms with E-state index in [-0.39, 0.29) is 13.2 Å². The van der Waals surface area contributed by atoms with Crippen molar-refractivity contribution in [3.8, 4) is 5.75 Å². The summed E-state index contributed by atoms with van der Waals surface area (Å²) in [7, 11) is 0. The summed E-state index contributed by atoms with van der Waals surface area (Å²) in [6.07, 6.45) is 0.404. The van der Waals surface area contributed by atoms with E-state index in [9.17, 15) is 18.8 Å². The number of hydrogen-bond donors (Lipinski definition) is 1. The summed E-state index contributed by atoms with van der Waals surface area (Å²) in [6.45, 7) is 1.26. The summed E-state index contributed by atoms with van der Waals surface area (Å²) in [6, 6.07) is 4.55. The number of carbonyl (C=O) groups excluding carboxylic acids is 3. The van der Waals surface area contributed by atoms with E-state index in [1.807, 2.05) is 0 Å².